The Labute approximate surface area is 98.4 Å². The Kier molecular flexibility index (Phi) is 3.53. The lowest BCUT2D eigenvalue weighted by atomic mass is 9.75. The van der Waals surface area contributed by atoms with Crippen molar-refractivity contribution < 1.29 is 4.79 Å². The summed E-state index contributed by atoms with van der Waals surface area (Å²) in [5.74, 6) is 0.219. The lowest BCUT2D eigenvalue weighted by molar-refractivity contribution is -0.119. The lowest BCUT2D eigenvalue weighted by Crippen LogP contribution is -2.42. The molecule has 1 heterocycles. The van der Waals surface area contributed by atoms with Crippen molar-refractivity contribution in [2.75, 3.05) is 6.54 Å². The van der Waals surface area contributed by atoms with Gasteiger partial charge < -0.3 is 10.6 Å². The molecule has 0 spiro atoms. The molecule has 0 aromatic rings. The van der Waals surface area contributed by atoms with Gasteiger partial charge in [-0.05, 0) is 37.5 Å². The van der Waals surface area contributed by atoms with Crippen LogP contribution in [0.5, 0.6) is 0 Å². The summed E-state index contributed by atoms with van der Waals surface area (Å²) in [6.45, 7) is 5.68. The van der Waals surface area contributed by atoms with Crippen molar-refractivity contribution >= 4 is 5.91 Å². The average molecular weight is 224 g/mol. The third-order valence-electron chi connectivity index (χ3n) is 4.08. The van der Waals surface area contributed by atoms with Crippen LogP contribution in [0.15, 0.2) is 0 Å². The molecular weight excluding hydrogens is 200 g/mol. The van der Waals surface area contributed by atoms with Crippen molar-refractivity contribution in [3.63, 3.8) is 0 Å². The molecule has 2 rings (SSSR count). The Morgan fingerprint density at radius 1 is 1.31 bits per heavy atom. The molecule has 1 saturated heterocycles. The summed E-state index contributed by atoms with van der Waals surface area (Å²) < 4.78 is 0. The molecule has 2 fully saturated rings. The largest absolute Gasteiger partial charge is 0.352 e. The topological polar surface area (TPSA) is 41.1 Å². The summed E-state index contributed by atoms with van der Waals surface area (Å²) in [4.78, 5) is 11.1. The molecule has 2 N–H and O–H groups in total. The van der Waals surface area contributed by atoms with E-state index in [4.69, 9.17) is 0 Å². The van der Waals surface area contributed by atoms with Crippen LogP contribution in [-0.2, 0) is 4.79 Å². The summed E-state index contributed by atoms with van der Waals surface area (Å²) in [5.41, 5.74) is 0.541. The van der Waals surface area contributed by atoms with Crippen molar-refractivity contribution in [3.05, 3.63) is 0 Å². The summed E-state index contributed by atoms with van der Waals surface area (Å²) >= 11 is 0. The first-order chi connectivity index (χ1) is 7.55. The standard InChI is InChI=1S/C13H24N2O/c1-13(2)7-5-10(6-8-13)14-9-11-3-4-12(16)15-11/h10-11,14H,3-9H2,1-2H3,(H,15,16). The summed E-state index contributed by atoms with van der Waals surface area (Å²) in [6.07, 6.45) is 6.93. The van der Waals surface area contributed by atoms with Crippen LogP contribution in [0.2, 0.25) is 0 Å². The van der Waals surface area contributed by atoms with Gasteiger partial charge in [0.25, 0.3) is 0 Å². The van der Waals surface area contributed by atoms with Crippen LogP contribution < -0.4 is 10.6 Å². The third kappa shape index (κ3) is 3.21. The van der Waals surface area contributed by atoms with Crippen LogP contribution in [0.25, 0.3) is 0 Å². The molecule has 0 bridgehead atoms. The molecule has 1 amide bonds. The van der Waals surface area contributed by atoms with Crippen molar-refractivity contribution in [1.82, 2.24) is 10.6 Å². The fourth-order valence-electron chi connectivity index (χ4n) is 2.74. The van der Waals surface area contributed by atoms with Gasteiger partial charge in [0, 0.05) is 25.0 Å². The molecule has 16 heavy (non-hydrogen) atoms. The second-order valence-corrected chi connectivity index (χ2v) is 6.15. The van der Waals surface area contributed by atoms with E-state index in [0.29, 0.717) is 23.9 Å². The zero-order valence-electron chi connectivity index (χ0n) is 10.5. The van der Waals surface area contributed by atoms with Gasteiger partial charge in [-0.15, -0.1) is 0 Å². The molecule has 2 aliphatic rings. The van der Waals surface area contributed by atoms with Crippen molar-refractivity contribution in [2.45, 2.75) is 64.5 Å². The first kappa shape index (κ1) is 11.9. The highest BCUT2D eigenvalue weighted by molar-refractivity contribution is 5.78. The Morgan fingerprint density at radius 3 is 2.56 bits per heavy atom. The quantitative estimate of drug-likeness (QED) is 0.768. The van der Waals surface area contributed by atoms with E-state index in [1.165, 1.54) is 25.7 Å². The summed E-state index contributed by atoms with van der Waals surface area (Å²) in [5, 5.41) is 6.62. The molecule has 3 heteroatoms. The van der Waals surface area contributed by atoms with Crippen LogP contribution in [-0.4, -0.2) is 24.5 Å². The lowest BCUT2D eigenvalue weighted by Gasteiger charge is -2.35. The number of amides is 1. The van der Waals surface area contributed by atoms with Crippen LogP contribution in [0.4, 0.5) is 0 Å². The second kappa shape index (κ2) is 4.74. The zero-order valence-corrected chi connectivity index (χ0v) is 10.5. The van der Waals surface area contributed by atoms with Gasteiger partial charge in [-0.25, -0.2) is 0 Å². The first-order valence-electron chi connectivity index (χ1n) is 6.58. The molecule has 1 aliphatic carbocycles. The van der Waals surface area contributed by atoms with E-state index in [2.05, 4.69) is 24.5 Å². The summed E-state index contributed by atoms with van der Waals surface area (Å²) in [6, 6.07) is 1.05. The van der Waals surface area contributed by atoms with Crippen LogP contribution in [0.1, 0.15) is 52.4 Å². The highest BCUT2D eigenvalue weighted by atomic mass is 16.1. The summed E-state index contributed by atoms with van der Waals surface area (Å²) in [7, 11) is 0. The normalized spacial score (nSPS) is 30.4. The molecule has 92 valence electrons. The van der Waals surface area contributed by atoms with E-state index >= 15 is 0 Å². The van der Waals surface area contributed by atoms with Crippen molar-refractivity contribution in [3.8, 4) is 0 Å². The molecular formula is C13H24N2O. The van der Waals surface area contributed by atoms with Gasteiger partial charge in [-0.3, -0.25) is 4.79 Å². The van der Waals surface area contributed by atoms with E-state index in [-0.39, 0.29) is 5.91 Å². The fraction of sp³-hybridized carbons (Fsp3) is 0.923. The number of hydrogen-bond donors (Lipinski definition) is 2. The van der Waals surface area contributed by atoms with E-state index < -0.39 is 0 Å². The van der Waals surface area contributed by atoms with Gasteiger partial charge in [0.05, 0.1) is 0 Å². The zero-order chi connectivity index (χ0) is 11.6. The van der Waals surface area contributed by atoms with Crippen LogP contribution in [0, 0.1) is 5.41 Å². The second-order valence-electron chi connectivity index (χ2n) is 6.15. The molecule has 1 unspecified atom stereocenters. The molecule has 3 nitrogen and oxygen atoms in total. The predicted molar refractivity (Wildman–Crippen MR) is 65.2 cm³/mol. The van der Waals surface area contributed by atoms with Gasteiger partial charge in [-0.2, -0.15) is 0 Å². The number of hydrogen-bond acceptors (Lipinski definition) is 2. The molecule has 1 aliphatic heterocycles. The fourth-order valence-corrected chi connectivity index (χ4v) is 2.74. The highest BCUT2D eigenvalue weighted by Crippen LogP contribution is 2.34. The smallest absolute Gasteiger partial charge is 0.220 e. The van der Waals surface area contributed by atoms with Gasteiger partial charge >= 0.3 is 0 Å². The first-order valence-corrected chi connectivity index (χ1v) is 6.58. The maximum atomic E-state index is 11.1. The molecule has 0 radical (unpaired) electrons. The number of nitrogens with one attached hydrogen (secondary N) is 2. The van der Waals surface area contributed by atoms with Gasteiger partial charge in [0.1, 0.15) is 0 Å². The Bertz CT molecular complexity index is 253. The molecule has 1 atom stereocenters. The van der Waals surface area contributed by atoms with Crippen LogP contribution >= 0.6 is 0 Å². The maximum Gasteiger partial charge on any atom is 0.220 e. The number of carbonyl (C=O) groups is 1. The monoisotopic (exact) mass is 224 g/mol. The van der Waals surface area contributed by atoms with Gasteiger partial charge in [0.2, 0.25) is 5.91 Å². The van der Waals surface area contributed by atoms with Crippen molar-refractivity contribution in [2.24, 2.45) is 5.41 Å². The van der Waals surface area contributed by atoms with Gasteiger partial charge in [0.15, 0.2) is 0 Å². The minimum absolute atomic E-state index is 0.219. The SMILES string of the molecule is CC1(C)CCC(NCC2CCC(=O)N2)CC1. The Morgan fingerprint density at radius 2 is 2.00 bits per heavy atom. The van der Waals surface area contributed by atoms with Gasteiger partial charge in [-0.1, -0.05) is 13.8 Å². The molecule has 0 aromatic carbocycles. The predicted octanol–water partition coefficient (Wildman–Crippen LogP) is 1.82. The van der Waals surface area contributed by atoms with E-state index in [0.717, 1.165) is 13.0 Å². The average Bonchev–Trinajstić information content (AvgIpc) is 2.63. The number of carbonyl (C=O) groups excluding carboxylic acids is 1. The van der Waals surface area contributed by atoms with Crippen molar-refractivity contribution in [1.29, 1.82) is 0 Å². The molecule has 0 aromatic heterocycles. The third-order valence-corrected chi connectivity index (χ3v) is 4.08. The van der Waals surface area contributed by atoms with E-state index in [1.54, 1.807) is 0 Å². The Hall–Kier alpha value is -0.570. The van der Waals surface area contributed by atoms with E-state index in [9.17, 15) is 4.79 Å². The molecule has 1 saturated carbocycles. The highest BCUT2D eigenvalue weighted by Gasteiger charge is 2.27. The minimum atomic E-state index is 0.219. The number of rotatable bonds is 3. The Balaban J connectivity index is 1.66. The van der Waals surface area contributed by atoms with Crippen LogP contribution in [0.3, 0.4) is 0 Å². The minimum Gasteiger partial charge on any atom is -0.352 e. The maximum absolute atomic E-state index is 11.1. The van der Waals surface area contributed by atoms with E-state index in [1.807, 2.05) is 0 Å².